The van der Waals surface area contributed by atoms with Crippen LogP contribution >= 0.6 is 0 Å². The summed E-state index contributed by atoms with van der Waals surface area (Å²) in [6.45, 7) is 7.18. The summed E-state index contributed by atoms with van der Waals surface area (Å²) in [6.07, 6.45) is 0.131. The molecule has 0 bridgehead atoms. The Kier molecular flexibility index (Phi) is 4.85. The maximum absolute atomic E-state index is 11.7. The second-order valence-electron chi connectivity index (χ2n) is 6.30. The van der Waals surface area contributed by atoms with Crippen molar-refractivity contribution in [2.45, 2.75) is 38.8 Å². The fourth-order valence-corrected chi connectivity index (χ4v) is 2.06. The number of rotatable bonds is 5. The van der Waals surface area contributed by atoms with Gasteiger partial charge in [0.15, 0.2) is 0 Å². The molecule has 1 aromatic carbocycles. The second-order valence-corrected chi connectivity index (χ2v) is 6.30. The summed E-state index contributed by atoms with van der Waals surface area (Å²) in [6, 6.07) is 5.38. The Morgan fingerprint density at radius 3 is 2.90 bits per heavy atom. The molecule has 5 heteroatoms. The predicted octanol–water partition coefficient (Wildman–Crippen LogP) is 1.53. The maximum Gasteiger partial charge on any atom is 0.338 e. The Morgan fingerprint density at radius 2 is 2.19 bits per heavy atom. The average molecular weight is 293 g/mol. The van der Waals surface area contributed by atoms with E-state index in [1.807, 2.05) is 32.9 Å². The van der Waals surface area contributed by atoms with E-state index in [4.69, 9.17) is 9.47 Å². The summed E-state index contributed by atoms with van der Waals surface area (Å²) in [5.74, 6) is 0.263. The van der Waals surface area contributed by atoms with Gasteiger partial charge in [0.1, 0.15) is 18.5 Å². The van der Waals surface area contributed by atoms with Crippen LogP contribution in [0.15, 0.2) is 18.2 Å². The zero-order valence-electron chi connectivity index (χ0n) is 12.8. The molecular formula is C16H23NO4. The van der Waals surface area contributed by atoms with Gasteiger partial charge >= 0.3 is 5.97 Å². The normalized spacial score (nSPS) is 16.1. The van der Waals surface area contributed by atoms with Crippen LogP contribution in [0, 0.1) is 0 Å². The SMILES string of the molecule is CC(C)(C)NCC(O)COc1ccc2c(c1)C(=O)OCC2. The summed E-state index contributed by atoms with van der Waals surface area (Å²) in [4.78, 5) is 11.7. The lowest BCUT2D eigenvalue weighted by Gasteiger charge is -2.23. The highest BCUT2D eigenvalue weighted by molar-refractivity contribution is 5.92. The van der Waals surface area contributed by atoms with Gasteiger partial charge in [0, 0.05) is 18.5 Å². The molecule has 0 aromatic heterocycles. The number of esters is 1. The fraction of sp³-hybridized carbons (Fsp3) is 0.562. The molecule has 1 unspecified atom stereocenters. The monoisotopic (exact) mass is 293 g/mol. The van der Waals surface area contributed by atoms with Crippen LogP contribution in [0.25, 0.3) is 0 Å². The summed E-state index contributed by atoms with van der Waals surface area (Å²) in [5, 5.41) is 13.1. The van der Waals surface area contributed by atoms with Gasteiger partial charge in [-0.25, -0.2) is 4.79 Å². The molecule has 1 atom stereocenters. The van der Waals surface area contributed by atoms with E-state index in [1.54, 1.807) is 6.07 Å². The van der Waals surface area contributed by atoms with Crippen molar-refractivity contribution in [2.75, 3.05) is 19.8 Å². The number of β-amino-alcohol motifs (C(OH)–C–C–N with tert-alkyl or cyclic N) is 1. The van der Waals surface area contributed by atoms with Crippen LogP contribution in [0.1, 0.15) is 36.7 Å². The van der Waals surface area contributed by atoms with Crippen molar-refractivity contribution in [1.29, 1.82) is 0 Å². The van der Waals surface area contributed by atoms with E-state index in [9.17, 15) is 9.90 Å². The van der Waals surface area contributed by atoms with Gasteiger partial charge in [0.25, 0.3) is 0 Å². The molecule has 1 heterocycles. The molecule has 0 saturated carbocycles. The maximum atomic E-state index is 11.7. The van der Waals surface area contributed by atoms with Crippen LogP contribution < -0.4 is 10.1 Å². The first-order valence-electron chi connectivity index (χ1n) is 7.21. The van der Waals surface area contributed by atoms with Crippen LogP contribution in [-0.4, -0.2) is 42.5 Å². The van der Waals surface area contributed by atoms with E-state index in [1.165, 1.54) is 0 Å². The van der Waals surface area contributed by atoms with Crippen molar-refractivity contribution < 1.29 is 19.4 Å². The van der Waals surface area contributed by atoms with Crippen molar-refractivity contribution in [3.05, 3.63) is 29.3 Å². The molecule has 1 aliphatic heterocycles. The Hall–Kier alpha value is -1.59. The zero-order valence-corrected chi connectivity index (χ0v) is 12.8. The summed E-state index contributed by atoms with van der Waals surface area (Å²) >= 11 is 0. The molecule has 0 spiro atoms. The first kappa shape index (κ1) is 15.8. The van der Waals surface area contributed by atoms with Crippen LogP contribution in [0.3, 0.4) is 0 Å². The smallest absolute Gasteiger partial charge is 0.338 e. The Balaban J connectivity index is 1.89. The van der Waals surface area contributed by atoms with Crippen molar-refractivity contribution >= 4 is 5.97 Å². The van der Waals surface area contributed by atoms with E-state index in [0.29, 0.717) is 24.5 Å². The number of nitrogens with one attached hydrogen (secondary N) is 1. The van der Waals surface area contributed by atoms with E-state index >= 15 is 0 Å². The molecule has 116 valence electrons. The average Bonchev–Trinajstić information content (AvgIpc) is 2.43. The van der Waals surface area contributed by atoms with Gasteiger partial charge in [0.05, 0.1) is 12.2 Å². The van der Waals surface area contributed by atoms with Crippen LogP contribution in [0.4, 0.5) is 0 Å². The number of fused-ring (bicyclic) bond motifs is 1. The number of hydrogen-bond donors (Lipinski definition) is 2. The molecule has 2 rings (SSSR count). The number of aliphatic hydroxyl groups excluding tert-OH is 1. The van der Waals surface area contributed by atoms with E-state index in [-0.39, 0.29) is 18.1 Å². The molecule has 1 aromatic rings. The van der Waals surface area contributed by atoms with Gasteiger partial charge in [-0.15, -0.1) is 0 Å². The lowest BCUT2D eigenvalue weighted by molar-refractivity contribution is 0.0479. The van der Waals surface area contributed by atoms with Crippen LogP contribution in [0.5, 0.6) is 5.75 Å². The Morgan fingerprint density at radius 1 is 1.43 bits per heavy atom. The van der Waals surface area contributed by atoms with Crippen molar-refractivity contribution in [3.63, 3.8) is 0 Å². The quantitative estimate of drug-likeness (QED) is 0.806. The highest BCUT2D eigenvalue weighted by Crippen LogP contribution is 2.22. The zero-order chi connectivity index (χ0) is 15.5. The third-order valence-corrected chi connectivity index (χ3v) is 3.22. The molecule has 0 saturated heterocycles. The largest absolute Gasteiger partial charge is 0.491 e. The molecule has 0 amide bonds. The molecule has 5 nitrogen and oxygen atoms in total. The minimum Gasteiger partial charge on any atom is -0.491 e. The van der Waals surface area contributed by atoms with Crippen molar-refractivity contribution in [3.8, 4) is 5.75 Å². The lowest BCUT2D eigenvalue weighted by atomic mass is 10.0. The third-order valence-electron chi connectivity index (χ3n) is 3.22. The number of aliphatic hydroxyl groups is 1. The van der Waals surface area contributed by atoms with Gasteiger partial charge in [-0.3, -0.25) is 0 Å². The van der Waals surface area contributed by atoms with Crippen LogP contribution in [-0.2, 0) is 11.2 Å². The Labute approximate surface area is 125 Å². The highest BCUT2D eigenvalue weighted by atomic mass is 16.5. The van der Waals surface area contributed by atoms with E-state index < -0.39 is 6.10 Å². The first-order chi connectivity index (χ1) is 9.85. The van der Waals surface area contributed by atoms with Crippen LogP contribution in [0.2, 0.25) is 0 Å². The fourth-order valence-electron chi connectivity index (χ4n) is 2.06. The number of benzene rings is 1. The number of hydrogen-bond acceptors (Lipinski definition) is 5. The Bertz CT molecular complexity index is 507. The molecule has 2 N–H and O–H groups in total. The van der Waals surface area contributed by atoms with Gasteiger partial charge in [-0.1, -0.05) is 6.07 Å². The molecule has 1 aliphatic rings. The topological polar surface area (TPSA) is 67.8 Å². The van der Waals surface area contributed by atoms with E-state index in [0.717, 1.165) is 12.0 Å². The summed E-state index contributed by atoms with van der Waals surface area (Å²) in [7, 11) is 0. The van der Waals surface area contributed by atoms with Gasteiger partial charge in [-0.05, 0) is 38.5 Å². The first-order valence-corrected chi connectivity index (χ1v) is 7.21. The molecule has 0 radical (unpaired) electrons. The number of ether oxygens (including phenoxy) is 2. The third kappa shape index (κ3) is 4.72. The second kappa shape index (κ2) is 6.45. The highest BCUT2D eigenvalue weighted by Gasteiger charge is 2.19. The lowest BCUT2D eigenvalue weighted by Crippen LogP contribution is -2.42. The predicted molar refractivity (Wildman–Crippen MR) is 79.7 cm³/mol. The number of cyclic esters (lactones) is 1. The number of carbonyl (C=O) groups is 1. The van der Waals surface area contributed by atoms with Gasteiger partial charge in [0.2, 0.25) is 0 Å². The summed E-state index contributed by atoms with van der Waals surface area (Å²) < 4.78 is 10.6. The minimum atomic E-state index is -0.604. The molecule has 0 aliphatic carbocycles. The molecule has 0 fully saturated rings. The van der Waals surface area contributed by atoms with E-state index in [2.05, 4.69) is 5.32 Å². The van der Waals surface area contributed by atoms with Crippen molar-refractivity contribution in [2.24, 2.45) is 0 Å². The standard InChI is InChI=1S/C16H23NO4/c1-16(2,3)17-9-12(18)10-21-13-5-4-11-6-7-20-15(19)14(11)8-13/h4-5,8,12,17-18H,6-7,9-10H2,1-3H3. The molecular weight excluding hydrogens is 270 g/mol. The summed E-state index contributed by atoms with van der Waals surface area (Å²) in [5.41, 5.74) is 1.49. The van der Waals surface area contributed by atoms with Gasteiger partial charge < -0.3 is 19.9 Å². The number of carbonyl (C=O) groups excluding carboxylic acids is 1. The minimum absolute atomic E-state index is 0.0451. The van der Waals surface area contributed by atoms with Crippen molar-refractivity contribution in [1.82, 2.24) is 5.32 Å². The van der Waals surface area contributed by atoms with Gasteiger partial charge in [-0.2, -0.15) is 0 Å². The molecule has 21 heavy (non-hydrogen) atoms.